The molecule has 0 aliphatic heterocycles. The second kappa shape index (κ2) is 4.25. The molecule has 0 amide bonds. The van der Waals surface area contributed by atoms with Gasteiger partial charge in [-0.1, -0.05) is 0 Å². The summed E-state index contributed by atoms with van der Waals surface area (Å²) < 4.78 is 9.37. The predicted molar refractivity (Wildman–Crippen MR) is 57.8 cm³/mol. The number of esters is 1. The summed E-state index contributed by atoms with van der Waals surface area (Å²) in [4.78, 5) is 36.1. The summed E-state index contributed by atoms with van der Waals surface area (Å²) in [5, 5.41) is 0. The fourth-order valence-corrected chi connectivity index (χ4v) is 1.40. The summed E-state index contributed by atoms with van der Waals surface area (Å²) in [6.07, 6.45) is 0. The van der Waals surface area contributed by atoms with Crippen molar-refractivity contribution in [3.63, 3.8) is 0 Å². The first-order valence-electron chi connectivity index (χ1n) is 4.96. The van der Waals surface area contributed by atoms with E-state index in [4.69, 9.17) is 4.42 Å². The number of aromatic amines is 1. The Kier molecular flexibility index (Phi) is 2.78. The van der Waals surface area contributed by atoms with Crippen LogP contribution in [-0.4, -0.2) is 23.3 Å². The van der Waals surface area contributed by atoms with E-state index in [1.807, 2.05) is 0 Å². The van der Waals surface area contributed by atoms with Crippen molar-refractivity contribution in [2.75, 3.05) is 6.61 Å². The molecule has 0 atom stereocenters. The van der Waals surface area contributed by atoms with Crippen LogP contribution in [0, 0.1) is 0 Å². The Balaban J connectivity index is 2.39. The maximum atomic E-state index is 11.6. The van der Waals surface area contributed by atoms with Gasteiger partial charge in [-0.25, -0.2) is 9.59 Å². The molecule has 88 valence electrons. The largest absolute Gasteiger partial charge is 0.460 e. The maximum absolute atomic E-state index is 11.6. The van der Waals surface area contributed by atoms with E-state index in [1.54, 1.807) is 6.92 Å². The average molecular weight is 235 g/mol. The van der Waals surface area contributed by atoms with Crippen LogP contribution in [-0.2, 0) is 9.53 Å². The number of aromatic nitrogens is 1. The van der Waals surface area contributed by atoms with Crippen LogP contribution in [0.4, 0.5) is 0 Å². The highest BCUT2D eigenvalue weighted by molar-refractivity contribution is 6.40. The van der Waals surface area contributed by atoms with Crippen LogP contribution in [0.1, 0.15) is 17.3 Å². The predicted octanol–water partition coefficient (Wildman–Crippen LogP) is 0.867. The van der Waals surface area contributed by atoms with Gasteiger partial charge in [0.15, 0.2) is 5.58 Å². The number of nitrogens with one attached hydrogen (secondary N) is 1. The third-order valence-corrected chi connectivity index (χ3v) is 2.14. The summed E-state index contributed by atoms with van der Waals surface area (Å²) in [6.45, 7) is 1.74. The van der Waals surface area contributed by atoms with E-state index in [0.29, 0.717) is 5.52 Å². The van der Waals surface area contributed by atoms with Gasteiger partial charge in [0.05, 0.1) is 12.1 Å². The summed E-state index contributed by atoms with van der Waals surface area (Å²) in [5.74, 6) is -2.30. The van der Waals surface area contributed by atoms with Gasteiger partial charge in [-0.15, -0.1) is 0 Å². The number of oxazole rings is 1. The molecular formula is C11H9NO5. The second-order valence-corrected chi connectivity index (χ2v) is 3.28. The van der Waals surface area contributed by atoms with Gasteiger partial charge < -0.3 is 9.15 Å². The monoisotopic (exact) mass is 235 g/mol. The van der Waals surface area contributed by atoms with Gasteiger partial charge in [0, 0.05) is 5.56 Å². The number of ketones is 1. The number of Topliss-reactive ketones (excluding diaryl/α,β-unsaturated/α-hetero) is 1. The average Bonchev–Trinajstić information content (AvgIpc) is 2.67. The molecule has 0 unspecified atom stereocenters. The lowest BCUT2D eigenvalue weighted by Crippen LogP contribution is -2.17. The molecule has 2 aromatic rings. The van der Waals surface area contributed by atoms with E-state index in [-0.39, 0.29) is 17.8 Å². The topological polar surface area (TPSA) is 89.4 Å². The zero-order valence-electron chi connectivity index (χ0n) is 8.98. The van der Waals surface area contributed by atoms with Crippen molar-refractivity contribution < 1.29 is 18.7 Å². The van der Waals surface area contributed by atoms with Gasteiger partial charge in [-0.3, -0.25) is 9.78 Å². The van der Waals surface area contributed by atoms with Crippen LogP contribution in [0.15, 0.2) is 27.4 Å². The molecule has 0 spiro atoms. The van der Waals surface area contributed by atoms with Gasteiger partial charge >= 0.3 is 11.7 Å². The molecule has 6 nitrogen and oxygen atoms in total. The van der Waals surface area contributed by atoms with Crippen LogP contribution in [0.5, 0.6) is 0 Å². The van der Waals surface area contributed by atoms with E-state index in [2.05, 4.69) is 9.72 Å². The third-order valence-electron chi connectivity index (χ3n) is 2.14. The molecule has 1 aromatic heterocycles. The first kappa shape index (κ1) is 11.1. The molecule has 1 heterocycles. The van der Waals surface area contributed by atoms with E-state index >= 15 is 0 Å². The Bertz CT molecular complexity index is 637. The maximum Gasteiger partial charge on any atom is 0.417 e. The lowest BCUT2D eigenvalue weighted by molar-refractivity contribution is -0.137. The number of carbonyl (C=O) groups excluding carboxylic acids is 2. The van der Waals surface area contributed by atoms with E-state index < -0.39 is 17.5 Å². The summed E-state index contributed by atoms with van der Waals surface area (Å²) in [5.41, 5.74) is 0.819. The molecule has 0 aliphatic rings. The lowest BCUT2D eigenvalue weighted by Gasteiger charge is -2.00. The first-order chi connectivity index (χ1) is 8.11. The minimum absolute atomic E-state index is 0.124. The van der Waals surface area contributed by atoms with Crippen LogP contribution in [0.2, 0.25) is 0 Å². The summed E-state index contributed by atoms with van der Waals surface area (Å²) in [7, 11) is 0. The number of H-pyrrole nitrogens is 1. The van der Waals surface area contributed by atoms with E-state index in [0.717, 1.165) is 0 Å². The second-order valence-electron chi connectivity index (χ2n) is 3.28. The Hall–Kier alpha value is -2.37. The molecule has 2 rings (SSSR count). The summed E-state index contributed by atoms with van der Waals surface area (Å²) in [6, 6.07) is 4.24. The van der Waals surface area contributed by atoms with Gasteiger partial charge in [0.2, 0.25) is 0 Å². The van der Waals surface area contributed by atoms with E-state index in [1.165, 1.54) is 18.2 Å². The number of hydrogen-bond donors (Lipinski definition) is 1. The Morgan fingerprint density at radius 1 is 1.41 bits per heavy atom. The number of fused-ring (bicyclic) bond motifs is 1. The third kappa shape index (κ3) is 2.10. The molecule has 6 heteroatoms. The normalized spacial score (nSPS) is 10.4. The highest BCUT2D eigenvalue weighted by Gasteiger charge is 2.18. The Morgan fingerprint density at radius 3 is 2.88 bits per heavy atom. The SMILES string of the molecule is CCOC(=O)C(=O)c1ccc2[nH]c(=O)oc2c1. The molecule has 1 aromatic carbocycles. The van der Waals surface area contributed by atoms with Gasteiger partial charge in [-0.2, -0.15) is 0 Å². The number of carbonyl (C=O) groups is 2. The van der Waals surface area contributed by atoms with Crippen molar-refractivity contribution >= 4 is 22.9 Å². The van der Waals surface area contributed by atoms with Crippen LogP contribution in [0.25, 0.3) is 11.1 Å². The number of ether oxygens (including phenoxy) is 1. The lowest BCUT2D eigenvalue weighted by atomic mass is 10.1. The minimum Gasteiger partial charge on any atom is -0.460 e. The molecule has 0 saturated carbocycles. The van der Waals surface area contributed by atoms with Gasteiger partial charge in [0.25, 0.3) is 5.78 Å². The number of rotatable bonds is 3. The van der Waals surface area contributed by atoms with Crippen molar-refractivity contribution in [1.29, 1.82) is 0 Å². The van der Waals surface area contributed by atoms with Crippen molar-refractivity contribution in [2.45, 2.75) is 6.92 Å². The number of benzene rings is 1. The highest BCUT2D eigenvalue weighted by atomic mass is 16.5. The van der Waals surface area contributed by atoms with Crippen molar-refractivity contribution in [1.82, 2.24) is 4.98 Å². The molecule has 17 heavy (non-hydrogen) atoms. The molecule has 0 saturated heterocycles. The molecule has 0 bridgehead atoms. The van der Waals surface area contributed by atoms with Gasteiger partial charge in [0.1, 0.15) is 0 Å². The van der Waals surface area contributed by atoms with Gasteiger partial charge in [-0.05, 0) is 25.1 Å². The minimum atomic E-state index is -0.926. The Labute approximate surface area is 95.2 Å². The summed E-state index contributed by atoms with van der Waals surface area (Å²) >= 11 is 0. The zero-order chi connectivity index (χ0) is 12.4. The quantitative estimate of drug-likeness (QED) is 0.484. The molecule has 0 aliphatic carbocycles. The fourth-order valence-electron chi connectivity index (χ4n) is 1.40. The highest BCUT2D eigenvalue weighted by Crippen LogP contribution is 2.13. The molecule has 0 fully saturated rings. The van der Waals surface area contributed by atoms with Crippen LogP contribution >= 0.6 is 0 Å². The van der Waals surface area contributed by atoms with Crippen LogP contribution < -0.4 is 5.76 Å². The smallest absolute Gasteiger partial charge is 0.417 e. The van der Waals surface area contributed by atoms with Crippen molar-refractivity contribution in [2.24, 2.45) is 0 Å². The van der Waals surface area contributed by atoms with Crippen molar-refractivity contribution in [3.8, 4) is 0 Å². The first-order valence-corrected chi connectivity index (χ1v) is 4.96. The standard InChI is InChI=1S/C11H9NO5/c1-2-16-10(14)9(13)6-3-4-7-8(5-6)17-11(15)12-7/h3-5H,2H2,1H3,(H,12,15). The zero-order valence-corrected chi connectivity index (χ0v) is 8.98. The fraction of sp³-hybridized carbons (Fsp3) is 0.182. The Morgan fingerprint density at radius 2 is 2.18 bits per heavy atom. The van der Waals surface area contributed by atoms with Crippen LogP contribution in [0.3, 0.4) is 0 Å². The number of hydrogen-bond acceptors (Lipinski definition) is 5. The molecule has 0 radical (unpaired) electrons. The molecule has 1 N–H and O–H groups in total. The molecular weight excluding hydrogens is 226 g/mol. The van der Waals surface area contributed by atoms with E-state index in [9.17, 15) is 14.4 Å². The van der Waals surface area contributed by atoms with Crippen molar-refractivity contribution in [3.05, 3.63) is 34.3 Å².